The molecule has 0 saturated carbocycles. The molecule has 0 radical (unpaired) electrons. The summed E-state index contributed by atoms with van der Waals surface area (Å²) in [5.74, 6) is 0. The molecular formula is C9H13N3. The Hall–Kier alpha value is -1.35. The normalized spacial score (nSPS) is 12.5. The third-order valence-electron chi connectivity index (χ3n) is 1.81. The smallest absolute Gasteiger partial charge is 0.0406 e. The molecule has 1 aromatic rings. The van der Waals surface area contributed by atoms with Crippen molar-refractivity contribution in [2.75, 3.05) is 5.73 Å². The Labute approximate surface area is 71.9 Å². The molecule has 64 valence electrons. The molecule has 12 heavy (non-hydrogen) atoms. The Morgan fingerprint density at radius 1 is 1.50 bits per heavy atom. The van der Waals surface area contributed by atoms with Crippen molar-refractivity contribution in [3.63, 3.8) is 0 Å². The van der Waals surface area contributed by atoms with Crippen molar-refractivity contribution < 1.29 is 0 Å². The van der Waals surface area contributed by atoms with E-state index in [0.717, 1.165) is 11.1 Å². The summed E-state index contributed by atoms with van der Waals surface area (Å²) in [5.41, 5.74) is 13.6. The first-order valence-corrected chi connectivity index (χ1v) is 3.81. The summed E-state index contributed by atoms with van der Waals surface area (Å²) in [6.07, 6.45) is 1.24. The fourth-order valence-corrected chi connectivity index (χ4v) is 1.17. The van der Waals surface area contributed by atoms with Gasteiger partial charge in [-0.3, -0.25) is 0 Å². The van der Waals surface area contributed by atoms with Crippen molar-refractivity contribution in [1.82, 2.24) is 0 Å². The molecule has 1 unspecified atom stereocenters. The van der Waals surface area contributed by atoms with E-state index < -0.39 is 0 Å². The first-order valence-electron chi connectivity index (χ1n) is 3.81. The van der Waals surface area contributed by atoms with Gasteiger partial charge in [-0.1, -0.05) is 12.1 Å². The molecule has 1 atom stereocenters. The average Bonchev–Trinajstić information content (AvgIpc) is 2.03. The van der Waals surface area contributed by atoms with Crippen LogP contribution < -0.4 is 11.5 Å². The summed E-state index contributed by atoms with van der Waals surface area (Å²) >= 11 is 0. The zero-order chi connectivity index (χ0) is 9.14. The second-order valence-electron chi connectivity index (χ2n) is 2.78. The minimum absolute atomic E-state index is 0.0786. The molecular weight excluding hydrogens is 150 g/mol. The number of hydrogen-bond acceptors (Lipinski definition) is 3. The third kappa shape index (κ3) is 1.46. The molecule has 0 fully saturated rings. The summed E-state index contributed by atoms with van der Waals surface area (Å²) in [4.78, 5) is 0. The minimum atomic E-state index is -0.0786. The van der Waals surface area contributed by atoms with Crippen LogP contribution in [0.5, 0.6) is 0 Å². The number of rotatable bonds is 2. The standard InChI is InChI=1S/C9H13N3/c1-6(11)7-3-2-4-9(12)8(7)5-10/h2-6,10H,11-12H2,1H3. The fraction of sp³-hybridized carbons (Fsp3) is 0.222. The van der Waals surface area contributed by atoms with Gasteiger partial charge in [0.05, 0.1) is 0 Å². The van der Waals surface area contributed by atoms with E-state index in [9.17, 15) is 0 Å². The highest BCUT2D eigenvalue weighted by Crippen LogP contribution is 2.19. The summed E-state index contributed by atoms with van der Waals surface area (Å²) in [5, 5.41) is 7.16. The van der Waals surface area contributed by atoms with E-state index in [0.29, 0.717) is 5.69 Å². The fourth-order valence-electron chi connectivity index (χ4n) is 1.17. The van der Waals surface area contributed by atoms with Gasteiger partial charge in [0, 0.05) is 23.5 Å². The maximum absolute atomic E-state index is 7.16. The topological polar surface area (TPSA) is 75.9 Å². The van der Waals surface area contributed by atoms with Gasteiger partial charge in [-0.05, 0) is 18.6 Å². The number of nitrogens with one attached hydrogen (secondary N) is 1. The molecule has 0 spiro atoms. The van der Waals surface area contributed by atoms with Gasteiger partial charge in [0.1, 0.15) is 0 Å². The van der Waals surface area contributed by atoms with Gasteiger partial charge in [0.15, 0.2) is 0 Å². The van der Waals surface area contributed by atoms with E-state index in [1.807, 2.05) is 19.1 Å². The largest absolute Gasteiger partial charge is 0.398 e. The van der Waals surface area contributed by atoms with Crippen molar-refractivity contribution in [3.05, 3.63) is 29.3 Å². The van der Waals surface area contributed by atoms with E-state index >= 15 is 0 Å². The van der Waals surface area contributed by atoms with Crippen molar-refractivity contribution in [2.45, 2.75) is 13.0 Å². The quantitative estimate of drug-likeness (QED) is 0.454. The first-order chi connectivity index (χ1) is 5.66. The molecule has 5 N–H and O–H groups in total. The maximum atomic E-state index is 7.16. The molecule has 0 aliphatic rings. The van der Waals surface area contributed by atoms with Crippen LogP contribution in [-0.4, -0.2) is 6.21 Å². The van der Waals surface area contributed by atoms with Crippen LogP contribution in [0.2, 0.25) is 0 Å². The van der Waals surface area contributed by atoms with Crippen LogP contribution in [-0.2, 0) is 0 Å². The lowest BCUT2D eigenvalue weighted by Crippen LogP contribution is -2.09. The van der Waals surface area contributed by atoms with E-state index in [1.165, 1.54) is 6.21 Å². The summed E-state index contributed by atoms with van der Waals surface area (Å²) in [7, 11) is 0. The van der Waals surface area contributed by atoms with Gasteiger partial charge in [-0.15, -0.1) is 0 Å². The molecule has 0 amide bonds. The van der Waals surface area contributed by atoms with Crippen molar-refractivity contribution in [3.8, 4) is 0 Å². The Balaban J connectivity index is 3.27. The van der Waals surface area contributed by atoms with Gasteiger partial charge in [-0.2, -0.15) is 0 Å². The van der Waals surface area contributed by atoms with Crippen LogP contribution in [0.1, 0.15) is 24.1 Å². The van der Waals surface area contributed by atoms with Crippen LogP contribution in [0.3, 0.4) is 0 Å². The summed E-state index contributed by atoms with van der Waals surface area (Å²) < 4.78 is 0. The average molecular weight is 163 g/mol. The lowest BCUT2D eigenvalue weighted by atomic mass is 10.0. The van der Waals surface area contributed by atoms with Crippen molar-refractivity contribution in [1.29, 1.82) is 5.41 Å². The van der Waals surface area contributed by atoms with E-state index in [-0.39, 0.29) is 6.04 Å². The zero-order valence-electron chi connectivity index (χ0n) is 7.04. The summed E-state index contributed by atoms with van der Waals surface area (Å²) in [6.45, 7) is 1.88. The lowest BCUT2D eigenvalue weighted by molar-refractivity contribution is 0.817. The molecule has 0 heterocycles. The highest BCUT2D eigenvalue weighted by atomic mass is 14.6. The van der Waals surface area contributed by atoms with Gasteiger partial charge in [0.2, 0.25) is 0 Å². The second kappa shape index (κ2) is 3.36. The maximum Gasteiger partial charge on any atom is 0.0406 e. The van der Waals surface area contributed by atoms with Gasteiger partial charge in [0.25, 0.3) is 0 Å². The molecule has 0 aliphatic heterocycles. The van der Waals surface area contributed by atoms with Gasteiger partial charge in [-0.25, -0.2) is 0 Å². The molecule has 3 nitrogen and oxygen atoms in total. The zero-order valence-corrected chi connectivity index (χ0v) is 7.04. The molecule has 0 aromatic heterocycles. The van der Waals surface area contributed by atoms with E-state index in [2.05, 4.69) is 0 Å². The van der Waals surface area contributed by atoms with Gasteiger partial charge >= 0.3 is 0 Å². The highest BCUT2D eigenvalue weighted by molar-refractivity contribution is 5.87. The molecule has 1 aromatic carbocycles. The van der Waals surface area contributed by atoms with E-state index in [1.54, 1.807) is 6.07 Å². The number of nitrogen functional groups attached to an aromatic ring is 1. The van der Waals surface area contributed by atoms with Crippen LogP contribution in [0.15, 0.2) is 18.2 Å². The molecule has 0 bridgehead atoms. The predicted molar refractivity (Wildman–Crippen MR) is 51.3 cm³/mol. The number of nitrogens with two attached hydrogens (primary N) is 2. The molecule has 3 heteroatoms. The van der Waals surface area contributed by atoms with Crippen LogP contribution in [0.25, 0.3) is 0 Å². The first kappa shape index (κ1) is 8.74. The lowest BCUT2D eigenvalue weighted by Gasteiger charge is -2.10. The predicted octanol–water partition coefficient (Wildman–Crippen LogP) is 1.29. The van der Waals surface area contributed by atoms with E-state index in [4.69, 9.17) is 16.9 Å². The van der Waals surface area contributed by atoms with Crippen LogP contribution >= 0.6 is 0 Å². The van der Waals surface area contributed by atoms with Crippen molar-refractivity contribution >= 4 is 11.9 Å². The Kier molecular flexibility index (Phi) is 2.45. The number of anilines is 1. The van der Waals surface area contributed by atoms with Crippen LogP contribution in [0.4, 0.5) is 5.69 Å². The molecule has 0 aliphatic carbocycles. The second-order valence-corrected chi connectivity index (χ2v) is 2.78. The number of benzene rings is 1. The van der Waals surface area contributed by atoms with Gasteiger partial charge < -0.3 is 16.9 Å². The Morgan fingerprint density at radius 2 is 2.17 bits per heavy atom. The number of hydrogen-bond donors (Lipinski definition) is 3. The SMILES string of the molecule is CC(N)c1cccc(N)c1C=N. The van der Waals surface area contributed by atoms with Crippen LogP contribution in [0, 0.1) is 5.41 Å². The summed E-state index contributed by atoms with van der Waals surface area (Å²) in [6, 6.07) is 5.43. The molecule has 1 rings (SSSR count). The third-order valence-corrected chi connectivity index (χ3v) is 1.81. The Bertz CT molecular complexity index is 292. The highest BCUT2D eigenvalue weighted by Gasteiger charge is 2.06. The molecule has 0 saturated heterocycles. The monoisotopic (exact) mass is 163 g/mol. The minimum Gasteiger partial charge on any atom is -0.398 e. The van der Waals surface area contributed by atoms with Crippen molar-refractivity contribution in [2.24, 2.45) is 5.73 Å². The Morgan fingerprint density at radius 3 is 2.58 bits per heavy atom.